The summed E-state index contributed by atoms with van der Waals surface area (Å²) in [6.07, 6.45) is 4.56. The molecule has 1 N–H and O–H groups in total. The lowest BCUT2D eigenvalue weighted by molar-refractivity contribution is 0.0561. The standard InChI is InChI=1S/C9H16O2/c1-7(10)8-3-5-9(11-2)6-4-8/h8-10H,1,3-6H2,2H3. The number of aliphatic hydroxyl groups excluding tert-OH is 1. The number of methoxy groups -OCH3 is 1. The minimum absolute atomic E-state index is 0.321. The molecule has 64 valence electrons. The Kier molecular flexibility index (Phi) is 2.94. The van der Waals surface area contributed by atoms with Gasteiger partial charge in [0.15, 0.2) is 0 Å². The summed E-state index contributed by atoms with van der Waals surface area (Å²) < 4.78 is 5.21. The number of ether oxygens (including phenoxy) is 1. The molecule has 0 bridgehead atoms. The first kappa shape index (κ1) is 8.60. The molecule has 11 heavy (non-hydrogen) atoms. The van der Waals surface area contributed by atoms with Crippen LogP contribution in [0.25, 0.3) is 0 Å². The zero-order valence-corrected chi connectivity index (χ0v) is 7.05. The summed E-state index contributed by atoms with van der Waals surface area (Å²) in [6.45, 7) is 3.54. The molecular formula is C9H16O2. The number of hydrogen-bond acceptors (Lipinski definition) is 2. The summed E-state index contributed by atoms with van der Waals surface area (Å²) in [5, 5.41) is 9.10. The maximum atomic E-state index is 9.10. The topological polar surface area (TPSA) is 29.5 Å². The average Bonchev–Trinajstić information content (AvgIpc) is 2.05. The van der Waals surface area contributed by atoms with Gasteiger partial charge in [-0.15, -0.1) is 0 Å². The fourth-order valence-corrected chi connectivity index (χ4v) is 1.63. The minimum atomic E-state index is 0.321. The van der Waals surface area contributed by atoms with Gasteiger partial charge in [0.25, 0.3) is 0 Å². The second-order valence-corrected chi connectivity index (χ2v) is 3.20. The van der Waals surface area contributed by atoms with Crippen molar-refractivity contribution >= 4 is 0 Å². The molecule has 0 spiro atoms. The largest absolute Gasteiger partial charge is 0.513 e. The zero-order valence-electron chi connectivity index (χ0n) is 7.05. The molecule has 0 amide bonds. The van der Waals surface area contributed by atoms with E-state index in [0.717, 1.165) is 25.7 Å². The summed E-state index contributed by atoms with van der Waals surface area (Å²) in [7, 11) is 1.75. The second-order valence-electron chi connectivity index (χ2n) is 3.20. The van der Waals surface area contributed by atoms with Crippen LogP contribution in [0.3, 0.4) is 0 Å². The Labute approximate surface area is 67.9 Å². The van der Waals surface area contributed by atoms with E-state index >= 15 is 0 Å². The van der Waals surface area contributed by atoms with Gasteiger partial charge in [-0.1, -0.05) is 6.58 Å². The fraction of sp³-hybridized carbons (Fsp3) is 0.778. The molecule has 0 unspecified atom stereocenters. The van der Waals surface area contributed by atoms with Gasteiger partial charge >= 0.3 is 0 Å². The SMILES string of the molecule is C=C(O)C1CCC(OC)CC1. The lowest BCUT2D eigenvalue weighted by atomic mass is 9.86. The molecule has 0 heterocycles. The Bertz CT molecular complexity index is 134. The zero-order chi connectivity index (χ0) is 8.27. The number of aliphatic hydroxyl groups is 1. The molecule has 1 rings (SSSR count). The molecule has 0 aromatic heterocycles. The highest BCUT2D eigenvalue weighted by atomic mass is 16.5. The van der Waals surface area contributed by atoms with Crippen molar-refractivity contribution in [1.29, 1.82) is 0 Å². The van der Waals surface area contributed by atoms with Gasteiger partial charge in [-0.3, -0.25) is 0 Å². The van der Waals surface area contributed by atoms with E-state index in [0.29, 0.717) is 17.8 Å². The third-order valence-corrected chi connectivity index (χ3v) is 2.48. The van der Waals surface area contributed by atoms with Crippen LogP contribution in [0.2, 0.25) is 0 Å². The molecule has 2 nitrogen and oxygen atoms in total. The molecule has 0 saturated heterocycles. The molecule has 2 heteroatoms. The van der Waals surface area contributed by atoms with Crippen LogP contribution in [-0.2, 0) is 4.74 Å². The van der Waals surface area contributed by atoms with Crippen LogP contribution in [0.1, 0.15) is 25.7 Å². The maximum Gasteiger partial charge on any atom is 0.0881 e. The highest BCUT2D eigenvalue weighted by Gasteiger charge is 2.22. The third kappa shape index (κ3) is 2.22. The summed E-state index contributed by atoms with van der Waals surface area (Å²) in [4.78, 5) is 0. The summed E-state index contributed by atoms with van der Waals surface area (Å²) >= 11 is 0. The molecule has 0 aliphatic heterocycles. The molecule has 0 aromatic rings. The Balaban J connectivity index is 2.30. The molecule has 1 saturated carbocycles. The smallest absolute Gasteiger partial charge is 0.0881 e. The highest BCUT2D eigenvalue weighted by molar-refractivity contribution is 4.91. The lowest BCUT2D eigenvalue weighted by Crippen LogP contribution is -2.21. The van der Waals surface area contributed by atoms with Gasteiger partial charge in [0, 0.05) is 13.0 Å². The normalized spacial score (nSPS) is 31.7. The molecule has 0 atom stereocenters. The van der Waals surface area contributed by atoms with E-state index in [1.807, 2.05) is 0 Å². The van der Waals surface area contributed by atoms with E-state index in [4.69, 9.17) is 9.84 Å². The van der Waals surface area contributed by atoms with Gasteiger partial charge in [0.05, 0.1) is 11.9 Å². The van der Waals surface area contributed by atoms with Crippen molar-refractivity contribution in [3.05, 3.63) is 12.3 Å². The van der Waals surface area contributed by atoms with Crippen molar-refractivity contribution in [1.82, 2.24) is 0 Å². The second kappa shape index (κ2) is 3.77. The van der Waals surface area contributed by atoms with Crippen LogP contribution in [0.4, 0.5) is 0 Å². The first-order valence-electron chi connectivity index (χ1n) is 4.14. The summed E-state index contributed by atoms with van der Waals surface area (Å²) in [5.74, 6) is 0.668. The van der Waals surface area contributed by atoms with Crippen molar-refractivity contribution in [3.63, 3.8) is 0 Å². The predicted molar refractivity (Wildman–Crippen MR) is 44.5 cm³/mol. The van der Waals surface area contributed by atoms with Crippen molar-refractivity contribution < 1.29 is 9.84 Å². The van der Waals surface area contributed by atoms with Crippen LogP contribution in [0.5, 0.6) is 0 Å². The molecule has 0 radical (unpaired) electrons. The van der Waals surface area contributed by atoms with Crippen molar-refractivity contribution in [2.75, 3.05) is 7.11 Å². The van der Waals surface area contributed by atoms with Gasteiger partial charge in [0.2, 0.25) is 0 Å². The first-order chi connectivity index (χ1) is 5.24. The van der Waals surface area contributed by atoms with Crippen LogP contribution in [0.15, 0.2) is 12.3 Å². The van der Waals surface area contributed by atoms with Gasteiger partial charge in [-0.2, -0.15) is 0 Å². The van der Waals surface area contributed by atoms with Crippen molar-refractivity contribution in [2.24, 2.45) is 5.92 Å². The van der Waals surface area contributed by atoms with E-state index in [1.165, 1.54) is 0 Å². The molecule has 1 aliphatic rings. The van der Waals surface area contributed by atoms with Gasteiger partial charge in [-0.05, 0) is 25.7 Å². The maximum absolute atomic E-state index is 9.10. The van der Waals surface area contributed by atoms with Crippen LogP contribution < -0.4 is 0 Å². The van der Waals surface area contributed by atoms with E-state index in [2.05, 4.69) is 6.58 Å². The molecular weight excluding hydrogens is 140 g/mol. The lowest BCUT2D eigenvalue weighted by Gasteiger charge is -2.26. The monoisotopic (exact) mass is 156 g/mol. The number of hydrogen-bond donors (Lipinski definition) is 1. The Morgan fingerprint density at radius 1 is 1.36 bits per heavy atom. The molecule has 1 fully saturated rings. The Morgan fingerprint density at radius 3 is 2.27 bits per heavy atom. The van der Waals surface area contributed by atoms with Gasteiger partial charge < -0.3 is 9.84 Å². The highest BCUT2D eigenvalue weighted by Crippen LogP contribution is 2.28. The van der Waals surface area contributed by atoms with Crippen LogP contribution in [-0.4, -0.2) is 18.3 Å². The van der Waals surface area contributed by atoms with Crippen molar-refractivity contribution in [2.45, 2.75) is 31.8 Å². The fourth-order valence-electron chi connectivity index (χ4n) is 1.63. The summed E-state index contributed by atoms with van der Waals surface area (Å²) in [6, 6.07) is 0. The van der Waals surface area contributed by atoms with Gasteiger partial charge in [0.1, 0.15) is 0 Å². The van der Waals surface area contributed by atoms with Crippen LogP contribution in [0, 0.1) is 5.92 Å². The van der Waals surface area contributed by atoms with E-state index in [-0.39, 0.29) is 0 Å². The molecule has 1 aliphatic carbocycles. The minimum Gasteiger partial charge on any atom is -0.513 e. The Morgan fingerprint density at radius 2 is 1.91 bits per heavy atom. The number of rotatable bonds is 2. The van der Waals surface area contributed by atoms with E-state index < -0.39 is 0 Å². The average molecular weight is 156 g/mol. The van der Waals surface area contributed by atoms with E-state index in [9.17, 15) is 0 Å². The van der Waals surface area contributed by atoms with Crippen molar-refractivity contribution in [3.8, 4) is 0 Å². The predicted octanol–water partition coefficient (Wildman–Crippen LogP) is 2.26. The third-order valence-electron chi connectivity index (χ3n) is 2.48. The number of allylic oxidation sites excluding steroid dienone is 1. The summed E-state index contributed by atoms with van der Waals surface area (Å²) in [5.41, 5.74) is 0. The molecule has 0 aromatic carbocycles. The van der Waals surface area contributed by atoms with Crippen LogP contribution >= 0.6 is 0 Å². The van der Waals surface area contributed by atoms with Gasteiger partial charge in [-0.25, -0.2) is 0 Å². The first-order valence-corrected chi connectivity index (χ1v) is 4.14. The Hall–Kier alpha value is -0.500. The van der Waals surface area contributed by atoms with E-state index in [1.54, 1.807) is 7.11 Å². The quantitative estimate of drug-likeness (QED) is 0.621.